The summed E-state index contributed by atoms with van der Waals surface area (Å²) in [6.07, 6.45) is 4.08. The molecule has 20 heavy (non-hydrogen) atoms. The minimum absolute atomic E-state index is 0.0193. The van der Waals surface area contributed by atoms with Crippen LogP contribution >= 0.6 is 0 Å². The number of aliphatic hydroxyl groups is 1. The molecule has 1 aliphatic heterocycles. The minimum atomic E-state index is -1.21. The smallest absolute Gasteiger partial charge is 0.261 e. The Morgan fingerprint density at radius 1 is 1.25 bits per heavy atom. The molecule has 1 aliphatic rings. The Balaban J connectivity index is 2.14. The van der Waals surface area contributed by atoms with Crippen molar-refractivity contribution in [3.8, 4) is 12.3 Å². The van der Waals surface area contributed by atoms with Crippen molar-refractivity contribution in [1.29, 1.82) is 0 Å². The van der Waals surface area contributed by atoms with E-state index >= 15 is 0 Å². The predicted octanol–water partition coefficient (Wildman–Crippen LogP) is 2.46. The third-order valence-electron chi connectivity index (χ3n) is 3.31. The van der Waals surface area contributed by atoms with Crippen molar-refractivity contribution in [2.24, 2.45) is 0 Å². The molecular formula is C16H10FNO2. The molecule has 0 spiro atoms. The molecule has 2 aromatic carbocycles. The molecule has 0 fully saturated rings. The summed E-state index contributed by atoms with van der Waals surface area (Å²) in [5.41, 5.74) is 1.25. The van der Waals surface area contributed by atoms with Gasteiger partial charge in [-0.05, 0) is 24.3 Å². The third-order valence-corrected chi connectivity index (χ3v) is 3.31. The second kappa shape index (κ2) is 4.48. The van der Waals surface area contributed by atoms with E-state index in [1.54, 1.807) is 24.3 Å². The highest BCUT2D eigenvalue weighted by atomic mass is 19.1. The number of amides is 1. The van der Waals surface area contributed by atoms with Crippen molar-refractivity contribution in [2.45, 2.75) is 6.23 Å². The lowest BCUT2D eigenvalue weighted by Gasteiger charge is -2.21. The van der Waals surface area contributed by atoms with Crippen LogP contribution in [0.1, 0.15) is 27.7 Å². The molecule has 1 amide bonds. The molecule has 0 radical (unpaired) electrons. The fourth-order valence-electron chi connectivity index (χ4n) is 2.33. The van der Waals surface area contributed by atoms with Crippen LogP contribution in [0, 0.1) is 18.2 Å². The summed E-state index contributed by atoms with van der Waals surface area (Å²) in [7, 11) is 0. The Labute approximate surface area is 115 Å². The zero-order valence-corrected chi connectivity index (χ0v) is 10.4. The number of carbonyl (C=O) groups excluding carboxylic acids is 1. The monoisotopic (exact) mass is 267 g/mol. The highest BCUT2D eigenvalue weighted by Gasteiger charge is 2.37. The largest absolute Gasteiger partial charge is 0.369 e. The van der Waals surface area contributed by atoms with E-state index < -0.39 is 18.0 Å². The molecule has 1 unspecified atom stereocenters. The molecule has 1 atom stereocenters. The Bertz CT molecular complexity index is 748. The molecule has 1 N–H and O–H groups in total. The van der Waals surface area contributed by atoms with Gasteiger partial charge in [0, 0.05) is 16.7 Å². The first-order valence-electron chi connectivity index (χ1n) is 6.00. The molecule has 1 heterocycles. The van der Waals surface area contributed by atoms with Crippen molar-refractivity contribution in [3.63, 3.8) is 0 Å². The molecule has 2 aromatic rings. The number of hydrogen-bond acceptors (Lipinski definition) is 2. The van der Waals surface area contributed by atoms with Crippen LogP contribution in [0.2, 0.25) is 0 Å². The molecule has 3 nitrogen and oxygen atoms in total. The third kappa shape index (κ3) is 1.68. The van der Waals surface area contributed by atoms with Crippen LogP contribution in [-0.4, -0.2) is 11.0 Å². The lowest BCUT2D eigenvalue weighted by molar-refractivity contribution is 0.0933. The number of benzene rings is 2. The van der Waals surface area contributed by atoms with E-state index in [2.05, 4.69) is 5.92 Å². The van der Waals surface area contributed by atoms with Crippen molar-refractivity contribution in [2.75, 3.05) is 4.90 Å². The van der Waals surface area contributed by atoms with Crippen LogP contribution in [0.5, 0.6) is 0 Å². The van der Waals surface area contributed by atoms with Crippen LogP contribution in [-0.2, 0) is 0 Å². The van der Waals surface area contributed by atoms with Gasteiger partial charge < -0.3 is 5.11 Å². The molecule has 0 aliphatic carbocycles. The number of anilines is 1. The Hall–Kier alpha value is -2.64. The lowest BCUT2D eigenvalue weighted by Crippen LogP contribution is -2.28. The molecule has 0 saturated carbocycles. The summed E-state index contributed by atoms with van der Waals surface area (Å²) in [4.78, 5) is 13.3. The van der Waals surface area contributed by atoms with E-state index in [1.807, 2.05) is 0 Å². The topological polar surface area (TPSA) is 40.5 Å². The van der Waals surface area contributed by atoms with Gasteiger partial charge in [-0.2, -0.15) is 0 Å². The summed E-state index contributed by atoms with van der Waals surface area (Å²) in [5, 5.41) is 10.2. The van der Waals surface area contributed by atoms with Crippen LogP contribution < -0.4 is 4.90 Å². The molecule has 98 valence electrons. The number of terminal acetylenes is 1. The van der Waals surface area contributed by atoms with Crippen molar-refractivity contribution in [1.82, 2.24) is 0 Å². The minimum Gasteiger partial charge on any atom is -0.369 e. The van der Waals surface area contributed by atoms with Gasteiger partial charge in [-0.15, -0.1) is 6.42 Å². The standard InChI is InChI=1S/C16H10FNO2/c1-2-10-7-8-13(17)14(9-10)18-15(19)11-5-3-4-6-12(11)16(18)20/h1,3-9,15,19H. The lowest BCUT2D eigenvalue weighted by atomic mass is 10.1. The summed E-state index contributed by atoms with van der Waals surface area (Å²) in [5.74, 6) is 1.33. The Morgan fingerprint density at radius 2 is 2.00 bits per heavy atom. The highest BCUT2D eigenvalue weighted by Crippen LogP contribution is 2.37. The van der Waals surface area contributed by atoms with Crippen LogP contribution in [0.15, 0.2) is 42.5 Å². The molecule has 3 rings (SSSR count). The molecule has 4 heteroatoms. The van der Waals surface area contributed by atoms with Crippen LogP contribution in [0.3, 0.4) is 0 Å². The first kappa shape index (κ1) is 12.4. The fraction of sp³-hybridized carbons (Fsp3) is 0.0625. The van der Waals surface area contributed by atoms with Gasteiger partial charge in [-0.1, -0.05) is 24.1 Å². The quantitative estimate of drug-likeness (QED) is 0.806. The van der Waals surface area contributed by atoms with E-state index in [1.165, 1.54) is 18.2 Å². The van der Waals surface area contributed by atoms with Gasteiger partial charge in [-0.3, -0.25) is 9.69 Å². The Morgan fingerprint density at radius 3 is 2.70 bits per heavy atom. The number of carbonyl (C=O) groups is 1. The Kier molecular flexibility index (Phi) is 2.78. The van der Waals surface area contributed by atoms with E-state index in [-0.39, 0.29) is 5.69 Å². The fourth-order valence-corrected chi connectivity index (χ4v) is 2.33. The summed E-state index contributed by atoms with van der Waals surface area (Å²) in [6, 6.07) is 10.7. The van der Waals surface area contributed by atoms with Gasteiger partial charge in [0.15, 0.2) is 6.23 Å². The predicted molar refractivity (Wildman–Crippen MR) is 72.5 cm³/mol. The van der Waals surface area contributed by atoms with E-state index in [9.17, 15) is 14.3 Å². The van der Waals surface area contributed by atoms with Gasteiger partial charge in [0.2, 0.25) is 0 Å². The number of aliphatic hydroxyl groups excluding tert-OH is 1. The maximum Gasteiger partial charge on any atom is 0.261 e. The number of halogens is 1. The summed E-state index contributed by atoms with van der Waals surface area (Å²) < 4.78 is 14.0. The molecular weight excluding hydrogens is 257 g/mol. The highest BCUT2D eigenvalue weighted by molar-refractivity contribution is 6.10. The van der Waals surface area contributed by atoms with Gasteiger partial charge in [0.05, 0.1) is 5.69 Å². The van der Waals surface area contributed by atoms with E-state index in [4.69, 9.17) is 6.42 Å². The number of rotatable bonds is 1. The average molecular weight is 267 g/mol. The van der Waals surface area contributed by atoms with Gasteiger partial charge in [0.25, 0.3) is 5.91 Å². The molecule has 0 bridgehead atoms. The number of fused-ring (bicyclic) bond motifs is 1. The first-order valence-corrected chi connectivity index (χ1v) is 6.00. The van der Waals surface area contributed by atoms with Gasteiger partial charge in [-0.25, -0.2) is 4.39 Å². The maximum absolute atomic E-state index is 14.0. The van der Waals surface area contributed by atoms with E-state index in [0.717, 1.165) is 4.90 Å². The van der Waals surface area contributed by atoms with Crippen molar-refractivity contribution in [3.05, 3.63) is 65.0 Å². The van der Waals surface area contributed by atoms with Crippen LogP contribution in [0.25, 0.3) is 0 Å². The zero-order valence-electron chi connectivity index (χ0n) is 10.4. The van der Waals surface area contributed by atoms with E-state index in [0.29, 0.717) is 16.7 Å². The van der Waals surface area contributed by atoms with Gasteiger partial charge in [0.1, 0.15) is 5.82 Å². The van der Waals surface area contributed by atoms with Crippen LogP contribution in [0.4, 0.5) is 10.1 Å². The van der Waals surface area contributed by atoms with Gasteiger partial charge >= 0.3 is 0 Å². The zero-order chi connectivity index (χ0) is 14.3. The summed E-state index contributed by atoms with van der Waals surface area (Å²) in [6.45, 7) is 0. The second-order valence-electron chi connectivity index (χ2n) is 4.45. The molecule has 0 saturated heterocycles. The average Bonchev–Trinajstić information content (AvgIpc) is 2.72. The second-order valence-corrected chi connectivity index (χ2v) is 4.45. The van der Waals surface area contributed by atoms with Crippen molar-refractivity contribution >= 4 is 11.6 Å². The molecule has 0 aromatic heterocycles. The van der Waals surface area contributed by atoms with Crippen molar-refractivity contribution < 1.29 is 14.3 Å². The SMILES string of the molecule is C#Cc1ccc(F)c(N2C(=O)c3ccccc3C2O)c1. The normalized spacial score (nSPS) is 16.9. The maximum atomic E-state index is 14.0. The first-order chi connectivity index (χ1) is 9.63. The number of hydrogen-bond donors (Lipinski definition) is 1. The number of nitrogens with zero attached hydrogens (tertiary/aromatic N) is 1. The summed E-state index contributed by atoms with van der Waals surface area (Å²) >= 11 is 0.